The highest BCUT2D eigenvalue weighted by Crippen LogP contribution is 2.74. The number of fused-ring (bicyclic) bond motifs is 4. The smallest absolute Gasteiger partial charge is 0.333 e. The van der Waals surface area contributed by atoms with E-state index in [-0.39, 0.29) is 52.9 Å². The number of ether oxygens (including phenoxy) is 3. The molecule has 45 heavy (non-hydrogen) atoms. The third kappa shape index (κ3) is 4.21. The van der Waals surface area contributed by atoms with Crippen molar-refractivity contribution in [2.45, 2.75) is 142 Å². The molecule has 0 radical (unpaired) electrons. The molecule has 0 aromatic carbocycles. The van der Waals surface area contributed by atoms with Gasteiger partial charge in [-0.3, -0.25) is 9.59 Å². The largest absolute Gasteiger partial charge is 0.458 e. The molecule has 6 rings (SSSR count). The van der Waals surface area contributed by atoms with Crippen LogP contribution in [0.15, 0.2) is 34.9 Å². The highest BCUT2D eigenvalue weighted by Gasteiger charge is 2.83. The van der Waals surface area contributed by atoms with Gasteiger partial charge in [-0.05, 0) is 82.2 Å². The van der Waals surface area contributed by atoms with Gasteiger partial charge in [0.05, 0.1) is 17.6 Å². The van der Waals surface area contributed by atoms with E-state index in [9.17, 15) is 19.5 Å². The monoisotopic (exact) mass is 640 g/mol. The summed E-state index contributed by atoms with van der Waals surface area (Å²) < 4.78 is 25.5. The van der Waals surface area contributed by atoms with Crippen LogP contribution in [0.3, 0.4) is 0 Å². The molecule has 248 valence electrons. The fourth-order valence-electron chi connectivity index (χ4n) is 9.74. The molecule has 1 spiro atoms. The predicted octanol–water partition coefficient (Wildman–Crippen LogP) is 5.99. The van der Waals surface area contributed by atoms with Crippen molar-refractivity contribution in [3.63, 3.8) is 0 Å². The Labute approximate surface area is 269 Å². The predicted molar refractivity (Wildman–Crippen MR) is 171 cm³/mol. The van der Waals surface area contributed by atoms with Crippen LogP contribution < -0.4 is 0 Å². The first kappa shape index (κ1) is 32.9. The lowest BCUT2D eigenvalue weighted by Crippen LogP contribution is -2.71. The van der Waals surface area contributed by atoms with Gasteiger partial charge in [0, 0.05) is 30.3 Å². The minimum Gasteiger partial charge on any atom is -0.458 e. The van der Waals surface area contributed by atoms with E-state index in [1.165, 1.54) is 6.92 Å². The molecule has 2 heterocycles. The van der Waals surface area contributed by atoms with Crippen molar-refractivity contribution >= 4 is 26.0 Å². The number of carbonyl (C=O) groups excluding carboxylic acids is 3. The normalized spacial score (nSPS) is 44.7. The standard InChI is InChI=1S/C36H52O8Si/c1-19-16-26(42-31(39)20(19)2)21(3)24-17-29(41-22(4)37)35(40)25-18-30-36(43-30)28(44-45(10,11)32(5,6)7)13-12-27(38)34(36,9)23(25)14-15-33(24,35)8/h12-13,17,21,23,25-26,28-30,40H,14-16,18H2,1-11H3. The van der Waals surface area contributed by atoms with Gasteiger partial charge >= 0.3 is 11.9 Å². The molecule has 6 aliphatic rings. The van der Waals surface area contributed by atoms with E-state index in [0.717, 1.165) is 11.1 Å². The summed E-state index contributed by atoms with van der Waals surface area (Å²) in [6.07, 6.45) is 6.06. The zero-order valence-corrected chi connectivity index (χ0v) is 29.9. The number of cyclic esters (lactones) is 1. The van der Waals surface area contributed by atoms with Gasteiger partial charge in [-0.2, -0.15) is 0 Å². The van der Waals surface area contributed by atoms with Gasteiger partial charge < -0.3 is 23.7 Å². The van der Waals surface area contributed by atoms with Gasteiger partial charge in [-0.1, -0.05) is 51.8 Å². The molecule has 0 aromatic heterocycles. The molecule has 1 N–H and O–H groups in total. The van der Waals surface area contributed by atoms with E-state index < -0.39 is 42.4 Å². The zero-order valence-electron chi connectivity index (χ0n) is 28.9. The summed E-state index contributed by atoms with van der Waals surface area (Å²) in [5.41, 5.74) is -1.33. The first-order valence-electron chi connectivity index (χ1n) is 16.7. The Bertz CT molecular complexity index is 1440. The molecule has 2 saturated carbocycles. The number of hydrogen-bond donors (Lipinski definition) is 1. The summed E-state index contributed by atoms with van der Waals surface area (Å²) in [4.78, 5) is 39.3. The summed E-state index contributed by atoms with van der Waals surface area (Å²) >= 11 is 0. The van der Waals surface area contributed by atoms with Crippen molar-refractivity contribution in [1.82, 2.24) is 0 Å². The number of epoxide rings is 1. The second-order valence-electron chi connectivity index (χ2n) is 16.8. The van der Waals surface area contributed by atoms with E-state index in [4.69, 9.17) is 18.6 Å². The van der Waals surface area contributed by atoms with Crippen molar-refractivity contribution < 1.29 is 38.1 Å². The number of ketones is 1. The Hall–Kier alpha value is -2.07. The lowest BCUT2D eigenvalue weighted by Gasteiger charge is -2.62. The van der Waals surface area contributed by atoms with Crippen LogP contribution >= 0.6 is 0 Å². The van der Waals surface area contributed by atoms with Crippen LogP contribution in [0.2, 0.25) is 18.1 Å². The quantitative estimate of drug-likeness (QED) is 0.169. The van der Waals surface area contributed by atoms with Gasteiger partial charge in [0.2, 0.25) is 0 Å². The number of allylic oxidation sites excluding steroid dienone is 1. The minimum atomic E-state index is -2.21. The lowest BCUT2D eigenvalue weighted by atomic mass is 9.42. The average molecular weight is 641 g/mol. The maximum Gasteiger partial charge on any atom is 0.333 e. The molecule has 3 fully saturated rings. The molecular weight excluding hydrogens is 588 g/mol. The van der Waals surface area contributed by atoms with E-state index in [1.54, 1.807) is 13.0 Å². The number of hydrogen-bond acceptors (Lipinski definition) is 8. The Balaban J connectivity index is 1.39. The van der Waals surface area contributed by atoms with Gasteiger partial charge in [0.15, 0.2) is 14.1 Å². The van der Waals surface area contributed by atoms with Crippen LogP contribution in [0, 0.1) is 28.6 Å². The molecule has 0 amide bonds. The first-order valence-corrected chi connectivity index (χ1v) is 19.6. The number of carbonyl (C=O) groups is 3. The molecule has 4 aliphatic carbocycles. The Morgan fingerprint density at radius 2 is 1.80 bits per heavy atom. The van der Waals surface area contributed by atoms with E-state index >= 15 is 0 Å². The van der Waals surface area contributed by atoms with E-state index in [2.05, 4.69) is 40.8 Å². The molecule has 8 nitrogen and oxygen atoms in total. The summed E-state index contributed by atoms with van der Waals surface area (Å²) in [5, 5.41) is 13.2. The van der Waals surface area contributed by atoms with Gasteiger partial charge in [0.1, 0.15) is 23.4 Å². The lowest BCUT2D eigenvalue weighted by molar-refractivity contribution is -0.224. The van der Waals surface area contributed by atoms with Gasteiger partial charge in [-0.25, -0.2) is 4.79 Å². The molecule has 1 saturated heterocycles. The third-order valence-corrected chi connectivity index (χ3v) is 18.2. The van der Waals surface area contributed by atoms with Crippen molar-refractivity contribution in [1.29, 1.82) is 0 Å². The van der Waals surface area contributed by atoms with Crippen LogP contribution in [-0.4, -0.2) is 66.8 Å². The molecule has 2 aliphatic heterocycles. The van der Waals surface area contributed by atoms with Crippen LogP contribution in [-0.2, 0) is 33.0 Å². The second-order valence-corrected chi connectivity index (χ2v) is 21.5. The number of aliphatic hydroxyl groups is 1. The molecule has 11 atom stereocenters. The number of rotatable bonds is 5. The highest BCUT2D eigenvalue weighted by atomic mass is 28.4. The fraction of sp³-hybridized carbons (Fsp3) is 0.750. The second kappa shape index (κ2) is 9.97. The maximum absolute atomic E-state index is 14.1. The molecule has 9 heteroatoms. The molecular formula is C36H52O8Si. The average Bonchev–Trinajstić information content (AvgIpc) is 3.62. The van der Waals surface area contributed by atoms with Crippen molar-refractivity contribution in [2.75, 3.05) is 0 Å². The summed E-state index contributed by atoms with van der Waals surface area (Å²) in [7, 11) is -2.21. The van der Waals surface area contributed by atoms with Crippen LogP contribution in [0.1, 0.15) is 88.0 Å². The third-order valence-electron chi connectivity index (χ3n) is 13.7. The van der Waals surface area contributed by atoms with Crippen molar-refractivity contribution in [2.24, 2.45) is 28.6 Å². The van der Waals surface area contributed by atoms with Crippen LogP contribution in [0.5, 0.6) is 0 Å². The van der Waals surface area contributed by atoms with Gasteiger partial charge in [0.25, 0.3) is 0 Å². The van der Waals surface area contributed by atoms with Gasteiger partial charge in [-0.15, -0.1) is 0 Å². The molecule has 11 unspecified atom stereocenters. The first-order chi connectivity index (χ1) is 20.7. The summed E-state index contributed by atoms with van der Waals surface area (Å²) in [6.45, 7) is 22.3. The Morgan fingerprint density at radius 1 is 1.13 bits per heavy atom. The number of esters is 2. The Kier molecular flexibility index (Phi) is 7.28. The van der Waals surface area contributed by atoms with E-state index in [1.807, 2.05) is 32.9 Å². The topological polar surface area (TPSA) is 112 Å². The molecule has 0 bridgehead atoms. The van der Waals surface area contributed by atoms with E-state index in [0.29, 0.717) is 31.3 Å². The highest BCUT2D eigenvalue weighted by molar-refractivity contribution is 6.74. The van der Waals surface area contributed by atoms with Crippen LogP contribution in [0.25, 0.3) is 0 Å². The summed E-state index contributed by atoms with van der Waals surface area (Å²) in [6, 6.07) is 0. The van der Waals surface area contributed by atoms with Crippen molar-refractivity contribution in [3.8, 4) is 0 Å². The van der Waals surface area contributed by atoms with Crippen molar-refractivity contribution in [3.05, 3.63) is 34.9 Å². The molecule has 0 aromatic rings. The minimum absolute atomic E-state index is 0.0114. The zero-order chi connectivity index (χ0) is 33.3. The maximum atomic E-state index is 14.1. The fourth-order valence-corrected chi connectivity index (χ4v) is 11.0. The SMILES string of the molecule is CC(=O)OC1C=C(C(C)C2CC(C)=C(C)C(=O)O2)C2(C)CCC3C(CC4OC45C(O[Si](C)(C)C(C)(C)C)C=CC(=O)C35C)C12O. The summed E-state index contributed by atoms with van der Waals surface area (Å²) in [5.74, 6) is -1.55. The van der Waals surface area contributed by atoms with Crippen LogP contribution in [0.4, 0.5) is 0 Å². The Morgan fingerprint density at radius 3 is 2.40 bits per heavy atom.